The molecular weight excluding hydrogens is 504 g/mol. The largest absolute Gasteiger partial charge is 0.361 e. The molecule has 0 amide bonds. The molecule has 0 aliphatic carbocycles. The van der Waals surface area contributed by atoms with Gasteiger partial charge in [-0.2, -0.15) is 0 Å². The third kappa shape index (κ3) is 6.22. The molecule has 0 saturated heterocycles. The first kappa shape index (κ1) is 26.1. The van der Waals surface area contributed by atoms with Gasteiger partial charge in [0.25, 0.3) is 0 Å². The van der Waals surface area contributed by atoms with Crippen LogP contribution in [-0.4, -0.2) is 23.1 Å². The minimum Gasteiger partial charge on any atom is -0.361 e. The molecule has 6 nitrogen and oxygen atoms in total. The summed E-state index contributed by atoms with van der Waals surface area (Å²) in [6, 6.07) is 26.6. The van der Waals surface area contributed by atoms with E-state index in [4.69, 9.17) is 0 Å². The third-order valence-corrected chi connectivity index (χ3v) is 9.26. The Morgan fingerprint density at radius 3 is 1.38 bits per heavy atom. The van der Waals surface area contributed by atoms with E-state index in [-0.39, 0.29) is 19.6 Å². The van der Waals surface area contributed by atoms with Gasteiger partial charge in [0.15, 0.2) is 6.21 Å². The van der Waals surface area contributed by atoms with Gasteiger partial charge in [0.05, 0.1) is 19.6 Å². The Bertz CT molecular complexity index is 1640. The summed E-state index contributed by atoms with van der Waals surface area (Å²) < 4.78 is 51.1. The lowest BCUT2D eigenvalue weighted by molar-refractivity contribution is -0.346. The number of sulfone groups is 2. The van der Waals surface area contributed by atoms with Crippen molar-refractivity contribution in [3.8, 4) is 0 Å². The summed E-state index contributed by atoms with van der Waals surface area (Å²) in [5.74, 6) is 0. The van der Waals surface area contributed by atoms with E-state index in [1.165, 1.54) is 0 Å². The van der Waals surface area contributed by atoms with E-state index in [0.29, 0.717) is 0 Å². The van der Waals surface area contributed by atoms with Crippen molar-refractivity contribution in [2.75, 3.05) is 5.32 Å². The highest BCUT2D eigenvalue weighted by atomic mass is 32.2. The zero-order valence-corrected chi connectivity index (χ0v) is 22.1. The van der Waals surface area contributed by atoms with Crippen molar-refractivity contribution in [3.63, 3.8) is 0 Å². The lowest BCUT2D eigenvalue weighted by atomic mass is 10.2. The van der Waals surface area contributed by atoms with E-state index in [0.717, 1.165) is 22.5 Å². The van der Waals surface area contributed by atoms with Crippen LogP contribution in [0.4, 0.5) is 11.4 Å². The first-order chi connectivity index (χ1) is 17.7. The molecule has 0 aliphatic heterocycles. The molecule has 0 aromatic heterocycles. The molecule has 0 fully saturated rings. The molecule has 0 heterocycles. The smallest absolute Gasteiger partial charge is 0.206 e. The highest BCUT2D eigenvalue weighted by Crippen LogP contribution is 2.23. The monoisotopic (exact) mass is 531 g/mol. The highest BCUT2D eigenvalue weighted by molar-refractivity contribution is 7.91. The first-order valence-electron chi connectivity index (χ1n) is 11.5. The van der Waals surface area contributed by atoms with Gasteiger partial charge >= 0.3 is 0 Å². The number of aryl methyl sites for hydroxylation is 2. The van der Waals surface area contributed by atoms with E-state index in [9.17, 15) is 16.8 Å². The molecule has 0 aliphatic rings. The Morgan fingerprint density at radius 2 is 0.946 bits per heavy atom. The molecule has 4 aromatic rings. The van der Waals surface area contributed by atoms with Gasteiger partial charge in [-0.1, -0.05) is 35.4 Å². The van der Waals surface area contributed by atoms with Crippen molar-refractivity contribution in [1.29, 1.82) is 0 Å². The molecule has 2 N–H and O–H groups in total. The fourth-order valence-electron chi connectivity index (χ4n) is 3.50. The first-order valence-corrected chi connectivity index (χ1v) is 14.5. The maximum Gasteiger partial charge on any atom is 0.206 e. The topological polar surface area (TPSA) is 94.3 Å². The van der Waals surface area contributed by atoms with Gasteiger partial charge in [0.2, 0.25) is 25.4 Å². The van der Waals surface area contributed by atoms with Gasteiger partial charge in [-0.25, -0.2) is 21.8 Å². The summed E-state index contributed by atoms with van der Waals surface area (Å²) in [5, 5.41) is 3.08. The fourth-order valence-corrected chi connectivity index (χ4v) is 6.03. The van der Waals surface area contributed by atoms with Crippen molar-refractivity contribution in [3.05, 3.63) is 120 Å². The fraction of sp³-hybridized carbons (Fsp3) is 0.0690. The Kier molecular flexibility index (Phi) is 7.71. The maximum atomic E-state index is 12.8. The summed E-state index contributed by atoms with van der Waals surface area (Å²) in [6.45, 7) is 3.82. The normalized spacial score (nSPS) is 12.3. The van der Waals surface area contributed by atoms with Crippen LogP contribution in [0.5, 0.6) is 0 Å². The summed E-state index contributed by atoms with van der Waals surface area (Å²) in [5.41, 5.74) is 3.47. The Labute approximate surface area is 217 Å². The number of nitrogens with one attached hydrogen (secondary N) is 2. The quantitative estimate of drug-likeness (QED) is 0.329. The van der Waals surface area contributed by atoms with Crippen LogP contribution in [-0.2, 0) is 19.7 Å². The molecule has 0 spiro atoms. The summed E-state index contributed by atoms with van der Waals surface area (Å²) >= 11 is 0. The van der Waals surface area contributed by atoms with Crippen LogP contribution < -0.4 is 10.3 Å². The third-order valence-electron chi connectivity index (χ3n) is 5.68. The van der Waals surface area contributed by atoms with Crippen LogP contribution in [0.2, 0.25) is 0 Å². The van der Waals surface area contributed by atoms with Crippen LogP contribution in [0, 0.1) is 13.8 Å². The van der Waals surface area contributed by atoms with E-state index in [2.05, 4.69) is 10.3 Å². The predicted octanol–water partition coefficient (Wildman–Crippen LogP) is 4.38. The van der Waals surface area contributed by atoms with Gasteiger partial charge in [0, 0.05) is 30.1 Å². The Balaban J connectivity index is 1.35. The second kappa shape index (κ2) is 10.9. The van der Waals surface area contributed by atoms with Crippen molar-refractivity contribution < 1.29 is 21.8 Å². The van der Waals surface area contributed by atoms with Gasteiger partial charge in [-0.05, 0) is 74.5 Å². The average molecular weight is 532 g/mol. The molecule has 0 saturated carbocycles. The standard InChI is InChI=1S/C29H26N2O4S2/c1-22-4-12-26(13-5-22)36(32,33)28-16-8-24(9-17-28)30-20-3-21-31-25-10-18-29(19-11-25)37(34,35)27-14-6-23(2)7-15-27/h3-21,30H,1-2H3/p+1/b20-3+,31-21?. The number of allylic oxidation sites excluding steroid dienone is 1. The zero-order chi connectivity index (χ0) is 26.5. The molecule has 188 valence electrons. The van der Waals surface area contributed by atoms with Crippen molar-refractivity contribution in [1.82, 2.24) is 0 Å². The molecule has 0 atom stereocenters. The number of hydrogen-bond donors (Lipinski definition) is 2. The van der Waals surface area contributed by atoms with Crippen LogP contribution in [0.15, 0.2) is 129 Å². The SMILES string of the molecule is Cc1ccc(S(=O)(=O)c2ccc(N/C=C/C=[NH+]c3ccc(S(=O)(=O)c4ccc(C)cc4)cc3)cc2)cc1. The van der Waals surface area contributed by atoms with Crippen molar-refractivity contribution in [2.45, 2.75) is 33.4 Å². The molecule has 0 bridgehead atoms. The summed E-state index contributed by atoms with van der Waals surface area (Å²) in [6.07, 6.45) is 5.15. The van der Waals surface area contributed by atoms with Gasteiger partial charge in [-0.15, -0.1) is 0 Å². The van der Waals surface area contributed by atoms with Crippen LogP contribution >= 0.6 is 0 Å². The number of hydrogen-bond acceptors (Lipinski definition) is 5. The minimum absolute atomic E-state index is 0.229. The lowest BCUT2D eigenvalue weighted by Crippen LogP contribution is -2.60. The number of rotatable bonds is 8. The van der Waals surface area contributed by atoms with Gasteiger partial charge in [0.1, 0.15) is 0 Å². The van der Waals surface area contributed by atoms with Crippen LogP contribution in [0.25, 0.3) is 0 Å². The summed E-state index contributed by atoms with van der Waals surface area (Å²) in [7, 11) is -7.12. The predicted molar refractivity (Wildman–Crippen MR) is 146 cm³/mol. The average Bonchev–Trinajstić information content (AvgIpc) is 2.89. The molecule has 37 heavy (non-hydrogen) atoms. The van der Waals surface area contributed by atoms with E-state index >= 15 is 0 Å². The molecule has 4 aromatic carbocycles. The van der Waals surface area contributed by atoms with E-state index in [1.807, 2.05) is 13.8 Å². The number of anilines is 1. The summed E-state index contributed by atoms with van der Waals surface area (Å²) in [4.78, 5) is 4.07. The number of benzene rings is 4. The van der Waals surface area contributed by atoms with Gasteiger partial charge < -0.3 is 5.32 Å². The Hall–Kier alpha value is -4.01. The molecule has 4 rings (SSSR count). The maximum absolute atomic E-state index is 12.8. The van der Waals surface area contributed by atoms with E-state index < -0.39 is 19.7 Å². The Morgan fingerprint density at radius 1 is 0.568 bits per heavy atom. The zero-order valence-electron chi connectivity index (χ0n) is 20.4. The van der Waals surface area contributed by atoms with Crippen molar-refractivity contribution >= 4 is 37.3 Å². The molecule has 8 heteroatoms. The van der Waals surface area contributed by atoms with Crippen LogP contribution in [0.3, 0.4) is 0 Å². The molecular formula is C29H27N2O4S2+. The van der Waals surface area contributed by atoms with Crippen LogP contribution in [0.1, 0.15) is 11.1 Å². The highest BCUT2D eigenvalue weighted by Gasteiger charge is 2.18. The van der Waals surface area contributed by atoms with E-state index in [1.54, 1.807) is 116 Å². The molecule has 0 unspecified atom stereocenters. The van der Waals surface area contributed by atoms with Gasteiger partial charge in [-0.3, -0.25) is 0 Å². The molecule has 0 radical (unpaired) electrons. The minimum atomic E-state index is -3.56. The second-order valence-electron chi connectivity index (χ2n) is 8.50. The second-order valence-corrected chi connectivity index (χ2v) is 12.4. The van der Waals surface area contributed by atoms with Crippen molar-refractivity contribution in [2.24, 2.45) is 0 Å². The lowest BCUT2D eigenvalue weighted by Gasteiger charge is -2.06.